The van der Waals surface area contributed by atoms with Crippen molar-refractivity contribution < 1.29 is 0 Å². The first kappa shape index (κ1) is 11.2. The van der Waals surface area contributed by atoms with Crippen LogP contribution in [-0.4, -0.2) is 16.2 Å². The molecule has 1 aromatic heterocycles. The predicted octanol–water partition coefficient (Wildman–Crippen LogP) is 2.15. The average molecular weight is 221 g/mol. The SMILES string of the molecule is CC1CCCC(Nc2cn[nH]c(=O)c2)CC1. The highest BCUT2D eigenvalue weighted by molar-refractivity contribution is 5.39. The number of nitrogens with zero attached hydrogens (tertiary/aromatic N) is 1. The molecule has 0 saturated heterocycles. The van der Waals surface area contributed by atoms with Crippen LogP contribution in [0.2, 0.25) is 0 Å². The van der Waals surface area contributed by atoms with Crippen molar-refractivity contribution in [1.29, 1.82) is 0 Å². The summed E-state index contributed by atoms with van der Waals surface area (Å²) < 4.78 is 0. The van der Waals surface area contributed by atoms with Gasteiger partial charge in [-0.1, -0.05) is 19.8 Å². The van der Waals surface area contributed by atoms with Crippen molar-refractivity contribution in [2.75, 3.05) is 5.32 Å². The molecule has 1 heterocycles. The molecule has 0 bridgehead atoms. The molecule has 0 spiro atoms. The van der Waals surface area contributed by atoms with Crippen LogP contribution in [0.1, 0.15) is 39.0 Å². The van der Waals surface area contributed by atoms with Gasteiger partial charge >= 0.3 is 0 Å². The van der Waals surface area contributed by atoms with Gasteiger partial charge in [0.1, 0.15) is 0 Å². The third kappa shape index (κ3) is 3.08. The van der Waals surface area contributed by atoms with E-state index in [1.165, 1.54) is 32.1 Å². The van der Waals surface area contributed by atoms with Gasteiger partial charge in [0, 0.05) is 12.1 Å². The maximum Gasteiger partial charge on any atom is 0.266 e. The van der Waals surface area contributed by atoms with Crippen molar-refractivity contribution in [3.05, 3.63) is 22.6 Å². The number of nitrogens with one attached hydrogen (secondary N) is 2. The largest absolute Gasteiger partial charge is 0.381 e. The zero-order chi connectivity index (χ0) is 11.4. The Morgan fingerprint density at radius 2 is 2.25 bits per heavy atom. The molecule has 2 unspecified atom stereocenters. The monoisotopic (exact) mass is 221 g/mol. The van der Waals surface area contributed by atoms with Crippen LogP contribution in [0, 0.1) is 5.92 Å². The minimum Gasteiger partial charge on any atom is -0.381 e. The molecule has 0 aromatic carbocycles. The summed E-state index contributed by atoms with van der Waals surface area (Å²) in [5.41, 5.74) is 0.690. The number of H-pyrrole nitrogens is 1. The molecule has 4 nitrogen and oxygen atoms in total. The summed E-state index contributed by atoms with van der Waals surface area (Å²) in [6.45, 7) is 2.32. The van der Waals surface area contributed by atoms with Crippen molar-refractivity contribution in [2.24, 2.45) is 5.92 Å². The van der Waals surface area contributed by atoms with Crippen molar-refractivity contribution in [3.8, 4) is 0 Å². The van der Waals surface area contributed by atoms with Crippen LogP contribution >= 0.6 is 0 Å². The summed E-state index contributed by atoms with van der Waals surface area (Å²) in [5.74, 6) is 0.837. The van der Waals surface area contributed by atoms with E-state index in [0.717, 1.165) is 11.6 Å². The molecule has 0 aliphatic heterocycles. The Kier molecular flexibility index (Phi) is 3.59. The molecule has 1 fully saturated rings. The molecular weight excluding hydrogens is 202 g/mol. The van der Waals surface area contributed by atoms with E-state index >= 15 is 0 Å². The Hall–Kier alpha value is -1.32. The van der Waals surface area contributed by atoms with Gasteiger partial charge < -0.3 is 5.32 Å². The lowest BCUT2D eigenvalue weighted by molar-refractivity contribution is 0.502. The summed E-state index contributed by atoms with van der Waals surface area (Å²) in [4.78, 5) is 11.1. The second-order valence-corrected chi connectivity index (χ2v) is 4.79. The van der Waals surface area contributed by atoms with Crippen molar-refractivity contribution >= 4 is 5.69 Å². The van der Waals surface area contributed by atoms with Crippen LogP contribution in [0.25, 0.3) is 0 Å². The van der Waals surface area contributed by atoms with Crippen molar-refractivity contribution in [3.63, 3.8) is 0 Å². The average Bonchev–Trinajstić information content (AvgIpc) is 2.44. The van der Waals surface area contributed by atoms with E-state index in [4.69, 9.17) is 0 Å². The number of aromatic amines is 1. The van der Waals surface area contributed by atoms with Gasteiger partial charge in [0.15, 0.2) is 0 Å². The van der Waals surface area contributed by atoms with Gasteiger partial charge in [0.05, 0.1) is 11.9 Å². The van der Waals surface area contributed by atoms with E-state index in [2.05, 4.69) is 22.4 Å². The van der Waals surface area contributed by atoms with E-state index in [-0.39, 0.29) is 5.56 Å². The van der Waals surface area contributed by atoms with E-state index < -0.39 is 0 Å². The molecule has 4 heteroatoms. The lowest BCUT2D eigenvalue weighted by Crippen LogP contribution is -2.20. The molecule has 0 amide bonds. The van der Waals surface area contributed by atoms with Gasteiger partial charge in [-0.2, -0.15) is 5.10 Å². The van der Waals surface area contributed by atoms with Crippen LogP contribution < -0.4 is 10.9 Å². The second-order valence-electron chi connectivity index (χ2n) is 4.79. The predicted molar refractivity (Wildman–Crippen MR) is 64.5 cm³/mol. The molecule has 1 aromatic rings. The fourth-order valence-electron chi connectivity index (χ4n) is 2.32. The molecule has 1 saturated carbocycles. The highest BCUT2D eigenvalue weighted by atomic mass is 16.1. The summed E-state index contributed by atoms with van der Waals surface area (Å²) in [7, 11) is 0. The first-order chi connectivity index (χ1) is 7.74. The van der Waals surface area contributed by atoms with Crippen LogP contribution in [0.3, 0.4) is 0 Å². The second kappa shape index (κ2) is 5.14. The van der Waals surface area contributed by atoms with Gasteiger partial charge in [0.2, 0.25) is 0 Å². The van der Waals surface area contributed by atoms with Crippen LogP contribution in [0.5, 0.6) is 0 Å². The standard InChI is InChI=1S/C12H19N3O/c1-9-3-2-4-10(6-5-9)14-11-7-12(16)15-13-8-11/h7-10H,2-6H2,1H3,(H2,14,15,16). The van der Waals surface area contributed by atoms with E-state index in [1.807, 2.05) is 0 Å². The lowest BCUT2D eigenvalue weighted by atomic mass is 10.0. The summed E-state index contributed by atoms with van der Waals surface area (Å²) in [5, 5.41) is 9.57. The molecule has 1 aliphatic carbocycles. The minimum absolute atomic E-state index is 0.146. The topological polar surface area (TPSA) is 57.8 Å². The molecule has 2 rings (SSSR count). The highest BCUT2D eigenvalue weighted by Crippen LogP contribution is 2.24. The van der Waals surface area contributed by atoms with Crippen molar-refractivity contribution in [1.82, 2.24) is 10.2 Å². The third-order valence-corrected chi connectivity index (χ3v) is 3.29. The van der Waals surface area contributed by atoms with Gasteiger partial charge in [-0.3, -0.25) is 4.79 Å². The van der Waals surface area contributed by atoms with Gasteiger partial charge in [-0.15, -0.1) is 0 Å². The zero-order valence-electron chi connectivity index (χ0n) is 9.70. The van der Waals surface area contributed by atoms with Crippen molar-refractivity contribution in [2.45, 2.75) is 45.1 Å². The maximum atomic E-state index is 11.1. The Morgan fingerprint density at radius 1 is 1.38 bits per heavy atom. The molecule has 88 valence electrons. The third-order valence-electron chi connectivity index (χ3n) is 3.29. The number of hydrogen-bond acceptors (Lipinski definition) is 3. The zero-order valence-corrected chi connectivity index (χ0v) is 9.70. The first-order valence-electron chi connectivity index (χ1n) is 6.05. The molecule has 2 atom stereocenters. The summed E-state index contributed by atoms with van der Waals surface area (Å²) in [6, 6.07) is 2.06. The molecule has 16 heavy (non-hydrogen) atoms. The molecule has 0 radical (unpaired) electrons. The smallest absolute Gasteiger partial charge is 0.266 e. The molecule has 1 aliphatic rings. The Bertz CT molecular complexity index is 388. The first-order valence-corrected chi connectivity index (χ1v) is 6.05. The fraction of sp³-hybridized carbons (Fsp3) is 0.667. The minimum atomic E-state index is -0.146. The summed E-state index contributed by atoms with van der Waals surface area (Å²) >= 11 is 0. The van der Waals surface area contributed by atoms with Crippen LogP contribution in [0.15, 0.2) is 17.1 Å². The van der Waals surface area contributed by atoms with Crippen LogP contribution in [-0.2, 0) is 0 Å². The van der Waals surface area contributed by atoms with Crippen LogP contribution in [0.4, 0.5) is 5.69 Å². The summed E-state index contributed by atoms with van der Waals surface area (Å²) in [6.07, 6.45) is 7.93. The van der Waals surface area contributed by atoms with E-state index in [1.54, 1.807) is 12.3 Å². The quantitative estimate of drug-likeness (QED) is 0.752. The highest BCUT2D eigenvalue weighted by Gasteiger charge is 2.15. The fourth-order valence-corrected chi connectivity index (χ4v) is 2.32. The molecule has 2 N–H and O–H groups in total. The Balaban J connectivity index is 1.96. The van der Waals surface area contributed by atoms with E-state index in [0.29, 0.717) is 6.04 Å². The number of hydrogen-bond donors (Lipinski definition) is 2. The maximum absolute atomic E-state index is 11.1. The van der Waals surface area contributed by atoms with E-state index in [9.17, 15) is 4.79 Å². The number of aromatic nitrogens is 2. The Labute approximate surface area is 95.5 Å². The lowest BCUT2D eigenvalue weighted by Gasteiger charge is -2.16. The van der Waals surface area contributed by atoms with Gasteiger partial charge in [-0.25, -0.2) is 5.10 Å². The normalized spacial score (nSPS) is 26.1. The van der Waals surface area contributed by atoms with Gasteiger partial charge in [0.25, 0.3) is 5.56 Å². The molecular formula is C12H19N3O. The van der Waals surface area contributed by atoms with Gasteiger partial charge in [-0.05, 0) is 25.2 Å². The number of rotatable bonds is 2. The number of anilines is 1. The Morgan fingerprint density at radius 3 is 3.06 bits per heavy atom.